The Morgan fingerprint density at radius 2 is 1.76 bits per heavy atom. The Morgan fingerprint density at radius 1 is 1.00 bits per heavy atom. The monoisotopic (exact) mass is 430 g/mol. The number of rotatable bonds is 4. The number of benzene rings is 1. The van der Waals surface area contributed by atoms with Crippen molar-refractivity contribution in [1.82, 2.24) is 19.1 Å². The smallest absolute Gasteiger partial charge is 0.406 e. The number of sulfonamides is 1. The minimum atomic E-state index is -4.83. The van der Waals surface area contributed by atoms with Gasteiger partial charge in [0.05, 0.1) is 10.9 Å². The van der Waals surface area contributed by atoms with Gasteiger partial charge in [-0.25, -0.2) is 8.42 Å². The third-order valence-electron chi connectivity index (χ3n) is 5.30. The van der Waals surface area contributed by atoms with Gasteiger partial charge in [-0.3, -0.25) is 0 Å². The zero-order chi connectivity index (χ0) is 20.6. The van der Waals surface area contributed by atoms with Crippen LogP contribution < -0.4 is 4.74 Å². The van der Waals surface area contributed by atoms with Crippen LogP contribution in [0, 0.1) is 0 Å². The molecule has 1 fully saturated rings. The van der Waals surface area contributed by atoms with Gasteiger partial charge in [0.25, 0.3) is 0 Å². The van der Waals surface area contributed by atoms with Gasteiger partial charge < -0.3 is 9.30 Å². The predicted octanol–water partition coefficient (Wildman–Crippen LogP) is 3.43. The van der Waals surface area contributed by atoms with E-state index < -0.39 is 28.2 Å². The average molecular weight is 430 g/mol. The second kappa shape index (κ2) is 7.60. The summed E-state index contributed by atoms with van der Waals surface area (Å²) in [7, 11) is -3.89. The van der Waals surface area contributed by atoms with E-state index in [1.165, 1.54) is 4.31 Å². The van der Waals surface area contributed by atoms with E-state index in [9.17, 15) is 21.6 Å². The number of fused-ring (bicyclic) bond motifs is 1. The van der Waals surface area contributed by atoms with Crippen molar-refractivity contribution in [1.29, 1.82) is 0 Å². The highest BCUT2D eigenvalue weighted by Gasteiger charge is 2.39. The summed E-state index contributed by atoms with van der Waals surface area (Å²) >= 11 is 0. The maximum absolute atomic E-state index is 13.2. The molecule has 158 valence electrons. The highest BCUT2D eigenvalue weighted by atomic mass is 32.2. The van der Waals surface area contributed by atoms with Crippen LogP contribution in [0.5, 0.6) is 5.75 Å². The lowest BCUT2D eigenvalue weighted by Crippen LogP contribution is -2.32. The van der Waals surface area contributed by atoms with Crippen LogP contribution in [0.4, 0.5) is 13.2 Å². The zero-order valence-electron chi connectivity index (χ0n) is 15.6. The quantitative estimate of drug-likeness (QED) is 0.743. The standard InChI is InChI=1S/C18H21F3N4O3S/c19-18(20,21)28-13-7-9-14(10-8-13)29(26,27)25-12-4-5-15(25)17-23-22-16-6-2-1-3-11-24(16)17/h7-10,15H,1-6,11-12H2. The fourth-order valence-electron chi connectivity index (χ4n) is 3.99. The molecule has 4 rings (SSSR count). The van der Waals surface area contributed by atoms with Gasteiger partial charge in [-0.2, -0.15) is 4.31 Å². The number of aryl methyl sites for hydroxylation is 1. The van der Waals surface area contributed by atoms with Gasteiger partial charge in [0.1, 0.15) is 11.6 Å². The molecule has 29 heavy (non-hydrogen) atoms. The van der Waals surface area contributed by atoms with E-state index in [0.717, 1.165) is 62.3 Å². The van der Waals surface area contributed by atoms with E-state index in [4.69, 9.17) is 0 Å². The molecule has 0 saturated carbocycles. The van der Waals surface area contributed by atoms with Gasteiger partial charge in [-0.05, 0) is 49.9 Å². The van der Waals surface area contributed by atoms with Crippen LogP contribution in [0.25, 0.3) is 0 Å². The molecule has 0 N–H and O–H groups in total. The third-order valence-corrected chi connectivity index (χ3v) is 7.23. The molecule has 1 aromatic heterocycles. The van der Waals surface area contributed by atoms with Gasteiger partial charge >= 0.3 is 6.36 Å². The van der Waals surface area contributed by atoms with Crippen LogP contribution in [0.3, 0.4) is 0 Å². The number of aromatic nitrogens is 3. The van der Waals surface area contributed by atoms with E-state index in [-0.39, 0.29) is 4.90 Å². The lowest BCUT2D eigenvalue weighted by molar-refractivity contribution is -0.274. The predicted molar refractivity (Wildman–Crippen MR) is 96.6 cm³/mol. The van der Waals surface area contributed by atoms with Gasteiger partial charge in [0, 0.05) is 19.5 Å². The number of hydrogen-bond acceptors (Lipinski definition) is 5. The van der Waals surface area contributed by atoms with Crippen molar-refractivity contribution >= 4 is 10.0 Å². The van der Waals surface area contributed by atoms with Gasteiger partial charge in [-0.1, -0.05) is 6.42 Å². The molecule has 1 unspecified atom stereocenters. The van der Waals surface area contributed by atoms with Crippen molar-refractivity contribution in [3.05, 3.63) is 35.9 Å². The molecule has 0 radical (unpaired) electrons. The first-order valence-electron chi connectivity index (χ1n) is 9.55. The van der Waals surface area contributed by atoms with Gasteiger partial charge in [0.15, 0.2) is 5.82 Å². The zero-order valence-corrected chi connectivity index (χ0v) is 16.4. The number of alkyl halides is 3. The summed E-state index contributed by atoms with van der Waals surface area (Å²) in [6.45, 7) is 1.10. The Labute approximate surface area is 166 Å². The van der Waals surface area contributed by atoms with E-state index in [2.05, 4.69) is 14.9 Å². The molecule has 0 amide bonds. The Kier molecular flexibility index (Phi) is 5.28. The Morgan fingerprint density at radius 3 is 2.48 bits per heavy atom. The molecule has 3 heterocycles. The second-order valence-corrected chi connectivity index (χ2v) is 9.12. The molecule has 2 aromatic rings. The lowest BCUT2D eigenvalue weighted by Gasteiger charge is -2.24. The minimum absolute atomic E-state index is 0.0745. The largest absolute Gasteiger partial charge is 0.573 e. The molecule has 2 aliphatic rings. The summed E-state index contributed by atoms with van der Waals surface area (Å²) in [4.78, 5) is -0.0745. The number of ether oxygens (including phenoxy) is 1. The summed E-state index contributed by atoms with van der Waals surface area (Å²) in [5, 5.41) is 8.56. The van der Waals surface area contributed by atoms with E-state index in [1.807, 2.05) is 4.57 Å². The fourth-order valence-corrected chi connectivity index (χ4v) is 5.64. The van der Waals surface area contributed by atoms with E-state index in [1.54, 1.807) is 0 Å². The van der Waals surface area contributed by atoms with Crippen LogP contribution in [0.1, 0.15) is 49.8 Å². The summed E-state index contributed by atoms with van der Waals surface area (Å²) in [6.07, 6.45) is 0.449. The number of halogens is 3. The maximum atomic E-state index is 13.2. The first-order valence-corrected chi connectivity index (χ1v) is 11.0. The minimum Gasteiger partial charge on any atom is -0.406 e. The van der Waals surface area contributed by atoms with Crippen molar-refractivity contribution in [2.45, 2.75) is 62.4 Å². The molecule has 1 saturated heterocycles. The normalized spacial score (nSPS) is 21.0. The van der Waals surface area contributed by atoms with Crippen molar-refractivity contribution in [3.8, 4) is 5.75 Å². The molecule has 11 heteroatoms. The summed E-state index contributed by atoms with van der Waals surface area (Å²) in [6, 6.07) is 3.86. The van der Waals surface area contributed by atoms with Crippen LogP contribution in [0.15, 0.2) is 29.2 Å². The highest BCUT2D eigenvalue weighted by molar-refractivity contribution is 7.89. The average Bonchev–Trinajstić information content (AvgIpc) is 3.22. The molecule has 2 aliphatic heterocycles. The summed E-state index contributed by atoms with van der Waals surface area (Å²) in [5.41, 5.74) is 0. The molecule has 0 aliphatic carbocycles. The maximum Gasteiger partial charge on any atom is 0.573 e. The molecule has 7 nitrogen and oxygen atoms in total. The molecule has 1 aromatic carbocycles. The molecular weight excluding hydrogens is 409 g/mol. The van der Waals surface area contributed by atoms with Crippen molar-refractivity contribution in [2.75, 3.05) is 6.54 Å². The van der Waals surface area contributed by atoms with Crippen molar-refractivity contribution < 1.29 is 26.3 Å². The summed E-state index contributed by atoms with van der Waals surface area (Å²) in [5.74, 6) is 1.08. The molecular formula is C18H21F3N4O3S. The fraction of sp³-hybridized carbons (Fsp3) is 0.556. The second-order valence-electron chi connectivity index (χ2n) is 7.23. The van der Waals surface area contributed by atoms with Crippen LogP contribution in [-0.4, -0.2) is 40.4 Å². The van der Waals surface area contributed by atoms with E-state index >= 15 is 0 Å². The van der Waals surface area contributed by atoms with Crippen LogP contribution in [0.2, 0.25) is 0 Å². The number of nitrogens with zero attached hydrogens (tertiary/aromatic N) is 4. The van der Waals surface area contributed by atoms with Crippen LogP contribution in [-0.2, 0) is 23.0 Å². The first-order chi connectivity index (χ1) is 13.8. The lowest BCUT2D eigenvalue weighted by atomic mass is 10.2. The third kappa shape index (κ3) is 4.11. The van der Waals surface area contributed by atoms with Crippen molar-refractivity contribution in [3.63, 3.8) is 0 Å². The number of hydrogen-bond donors (Lipinski definition) is 0. The molecule has 1 atom stereocenters. The SMILES string of the molecule is O=S(=O)(c1ccc(OC(F)(F)F)cc1)N1CCCC1c1nnc2n1CCCCC2. The highest BCUT2D eigenvalue weighted by Crippen LogP contribution is 2.37. The van der Waals surface area contributed by atoms with Crippen LogP contribution >= 0.6 is 0 Å². The molecule has 0 bridgehead atoms. The van der Waals surface area contributed by atoms with Crippen molar-refractivity contribution in [2.24, 2.45) is 0 Å². The first kappa shape index (κ1) is 20.1. The Hall–Kier alpha value is -2.14. The topological polar surface area (TPSA) is 77.3 Å². The Bertz CT molecular complexity index is 973. The van der Waals surface area contributed by atoms with E-state index in [0.29, 0.717) is 25.2 Å². The van der Waals surface area contributed by atoms with Gasteiger partial charge in [-0.15, -0.1) is 23.4 Å². The Balaban J connectivity index is 1.61. The summed E-state index contributed by atoms with van der Waals surface area (Å²) < 4.78 is 70.6. The molecule has 0 spiro atoms. The van der Waals surface area contributed by atoms with Gasteiger partial charge in [0.2, 0.25) is 10.0 Å².